The van der Waals surface area contributed by atoms with E-state index in [1.807, 2.05) is 154 Å². The fraction of sp³-hybridized carbons (Fsp3) is 0.208. The normalized spacial score (nSPS) is 15.8. The summed E-state index contributed by atoms with van der Waals surface area (Å²) in [4.78, 5) is 18.1. The highest BCUT2D eigenvalue weighted by molar-refractivity contribution is 9.10. The lowest BCUT2D eigenvalue weighted by molar-refractivity contribution is 0.0389. The Bertz CT molecular complexity index is 2750. The molecule has 64 heavy (non-hydrogen) atoms. The predicted octanol–water partition coefficient (Wildman–Crippen LogP) is 9.67. The predicted molar refractivity (Wildman–Crippen MR) is 251 cm³/mol. The van der Waals surface area contributed by atoms with Crippen LogP contribution >= 0.6 is 31.9 Å². The minimum Gasteiger partial charge on any atom is -0.495 e. The number of nitrogens with zero attached hydrogens (tertiary/aromatic N) is 10. The van der Waals surface area contributed by atoms with E-state index >= 15 is 0 Å². The molecule has 0 aliphatic carbocycles. The molecule has 10 rings (SSSR count). The molecule has 2 aliphatic rings. The molecule has 0 N–H and O–H groups in total. The number of rotatable bonds is 10. The number of imidazole rings is 2. The molecule has 0 saturated heterocycles. The number of benzene rings is 4. The number of halogens is 2. The van der Waals surface area contributed by atoms with E-state index in [2.05, 4.69) is 52.0 Å². The maximum absolute atomic E-state index is 6.01. The summed E-state index contributed by atoms with van der Waals surface area (Å²) in [6.45, 7) is 6.51. The highest BCUT2D eigenvalue weighted by atomic mass is 79.9. The van der Waals surface area contributed by atoms with Crippen LogP contribution in [-0.4, -0.2) is 76.1 Å². The molecule has 324 valence electrons. The van der Waals surface area contributed by atoms with Gasteiger partial charge >= 0.3 is 0 Å². The van der Waals surface area contributed by atoms with Crippen LogP contribution in [0.1, 0.15) is 69.1 Å². The van der Waals surface area contributed by atoms with Crippen molar-refractivity contribution < 1.29 is 18.9 Å². The molecule has 4 aromatic heterocycles. The molecule has 0 spiro atoms. The number of aryl methyl sites for hydroxylation is 2. The average Bonchev–Trinajstić information content (AvgIpc) is 4.15. The Hall–Kier alpha value is -6.46. The summed E-state index contributed by atoms with van der Waals surface area (Å²) >= 11 is 6.96. The molecular formula is C48H44Br2N10O4. The Morgan fingerprint density at radius 1 is 0.578 bits per heavy atom. The van der Waals surface area contributed by atoms with Crippen LogP contribution in [0.5, 0.6) is 11.5 Å². The SMILES string of the molecule is COc1cc(/C=C/c2nc3n(n2)CCO[C@@H]3c2ccc(Br)cc2)ccc1-n1cnc(C)c1.COc1cc(/C=C/c2nc3n(n2)CCO[C@H]3c2ccc(Br)cc2)ccc1-n1cnc(C)c1. The van der Waals surface area contributed by atoms with Gasteiger partial charge in [-0.15, -0.1) is 0 Å². The summed E-state index contributed by atoms with van der Waals surface area (Å²) in [6, 6.07) is 28.3. The quantitative estimate of drug-likeness (QED) is 0.130. The second kappa shape index (κ2) is 19.1. The standard InChI is InChI=1S/2C24H22BrN5O2/c2*1-16-14-29(15-26-16)20-9-3-17(13-21(20)31-2)4-10-22-27-24-23(32-12-11-30(24)28-22)18-5-7-19(25)8-6-18/h2*3-10,13-15,23H,11-12H2,1-2H3/b2*10-4+/t2*23-/m10/s1. The number of hydrogen-bond acceptors (Lipinski definition) is 10. The topological polar surface area (TPSA) is 134 Å². The van der Waals surface area contributed by atoms with Gasteiger partial charge in [-0.3, -0.25) is 0 Å². The lowest BCUT2D eigenvalue weighted by Crippen LogP contribution is -2.23. The van der Waals surface area contributed by atoms with Crippen molar-refractivity contribution in [2.75, 3.05) is 27.4 Å². The van der Waals surface area contributed by atoms with Gasteiger partial charge in [-0.1, -0.05) is 80.4 Å². The van der Waals surface area contributed by atoms with Crippen LogP contribution in [0.25, 0.3) is 35.7 Å². The molecular weight excluding hydrogens is 940 g/mol. The molecule has 4 aromatic carbocycles. The largest absolute Gasteiger partial charge is 0.495 e. The molecule has 0 unspecified atom stereocenters. The second-order valence-corrected chi connectivity index (χ2v) is 16.9. The third kappa shape index (κ3) is 9.55. The first kappa shape index (κ1) is 42.8. The van der Waals surface area contributed by atoms with E-state index in [0.29, 0.717) is 38.0 Å². The van der Waals surface area contributed by atoms with Crippen molar-refractivity contribution in [1.82, 2.24) is 48.6 Å². The molecule has 0 bridgehead atoms. The van der Waals surface area contributed by atoms with Gasteiger partial charge in [-0.25, -0.2) is 29.3 Å². The van der Waals surface area contributed by atoms with Crippen LogP contribution in [0.2, 0.25) is 0 Å². The Kier molecular flexibility index (Phi) is 12.8. The monoisotopic (exact) mass is 982 g/mol. The zero-order valence-electron chi connectivity index (χ0n) is 35.5. The second-order valence-electron chi connectivity index (χ2n) is 15.1. The number of fused-ring (bicyclic) bond motifs is 2. The van der Waals surface area contributed by atoms with E-state index in [1.165, 1.54) is 0 Å². The highest BCUT2D eigenvalue weighted by Crippen LogP contribution is 2.32. The third-order valence-electron chi connectivity index (χ3n) is 10.7. The smallest absolute Gasteiger partial charge is 0.174 e. The van der Waals surface area contributed by atoms with Crippen LogP contribution in [0, 0.1) is 13.8 Å². The molecule has 0 amide bonds. The van der Waals surface area contributed by atoms with Gasteiger partial charge in [0, 0.05) is 21.3 Å². The molecule has 16 heteroatoms. The first-order chi connectivity index (χ1) is 31.2. The number of hydrogen-bond donors (Lipinski definition) is 0. The van der Waals surface area contributed by atoms with Gasteiger partial charge in [-0.2, -0.15) is 10.2 Å². The zero-order valence-corrected chi connectivity index (χ0v) is 38.7. The van der Waals surface area contributed by atoms with Crippen LogP contribution in [0.4, 0.5) is 0 Å². The molecule has 8 aromatic rings. The summed E-state index contributed by atoms with van der Waals surface area (Å²) in [6.07, 6.45) is 14.9. The van der Waals surface area contributed by atoms with E-state index in [0.717, 1.165) is 77.1 Å². The molecule has 14 nitrogen and oxygen atoms in total. The molecule has 2 atom stereocenters. The highest BCUT2D eigenvalue weighted by Gasteiger charge is 2.27. The number of ether oxygens (including phenoxy) is 4. The summed E-state index contributed by atoms with van der Waals surface area (Å²) in [5, 5.41) is 9.31. The van der Waals surface area contributed by atoms with Gasteiger partial charge in [0.15, 0.2) is 23.3 Å². The van der Waals surface area contributed by atoms with Crippen molar-refractivity contribution in [2.45, 2.75) is 39.1 Å². The Morgan fingerprint density at radius 3 is 1.38 bits per heavy atom. The van der Waals surface area contributed by atoms with Crippen molar-refractivity contribution in [3.63, 3.8) is 0 Å². The lowest BCUT2D eigenvalue weighted by atomic mass is 10.1. The molecule has 6 heterocycles. The minimum atomic E-state index is -0.218. The fourth-order valence-electron chi connectivity index (χ4n) is 7.50. The van der Waals surface area contributed by atoms with Crippen LogP contribution in [0.3, 0.4) is 0 Å². The Morgan fingerprint density at radius 2 is 1.00 bits per heavy atom. The number of aromatic nitrogens is 10. The van der Waals surface area contributed by atoms with Gasteiger partial charge in [0.05, 0.1) is 75.9 Å². The lowest BCUT2D eigenvalue weighted by Gasteiger charge is -2.23. The van der Waals surface area contributed by atoms with Crippen molar-refractivity contribution in [1.29, 1.82) is 0 Å². The van der Waals surface area contributed by atoms with E-state index in [-0.39, 0.29) is 12.2 Å². The van der Waals surface area contributed by atoms with Crippen molar-refractivity contribution in [3.8, 4) is 22.9 Å². The van der Waals surface area contributed by atoms with Gasteiger partial charge in [0.25, 0.3) is 0 Å². The first-order valence-corrected chi connectivity index (χ1v) is 22.2. The van der Waals surface area contributed by atoms with Crippen LogP contribution < -0.4 is 9.47 Å². The van der Waals surface area contributed by atoms with E-state index < -0.39 is 0 Å². The first-order valence-electron chi connectivity index (χ1n) is 20.6. The van der Waals surface area contributed by atoms with Crippen molar-refractivity contribution >= 4 is 56.2 Å². The minimum absolute atomic E-state index is 0.218. The van der Waals surface area contributed by atoms with Crippen LogP contribution in [-0.2, 0) is 22.6 Å². The summed E-state index contributed by atoms with van der Waals surface area (Å²) in [5.41, 5.74) is 7.91. The van der Waals surface area contributed by atoms with Crippen LogP contribution in [0.15, 0.2) is 119 Å². The Labute approximate surface area is 387 Å². The van der Waals surface area contributed by atoms with Gasteiger partial charge in [0.2, 0.25) is 0 Å². The fourth-order valence-corrected chi connectivity index (χ4v) is 8.03. The maximum Gasteiger partial charge on any atom is 0.174 e. The van der Waals surface area contributed by atoms with Gasteiger partial charge in [-0.05, 0) is 96.8 Å². The zero-order chi connectivity index (χ0) is 44.2. The van der Waals surface area contributed by atoms with Crippen molar-refractivity contribution in [3.05, 3.63) is 176 Å². The van der Waals surface area contributed by atoms with E-state index in [1.54, 1.807) is 26.9 Å². The molecule has 0 saturated carbocycles. The van der Waals surface area contributed by atoms with Crippen molar-refractivity contribution in [2.24, 2.45) is 0 Å². The van der Waals surface area contributed by atoms with E-state index in [9.17, 15) is 0 Å². The molecule has 2 aliphatic heterocycles. The third-order valence-corrected chi connectivity index (χ3v) is 11.7. The maximum atomic E-state index is 6.01. The number of methoxy groups -OCH3 is 2. The van der Waals surface area contributed by atoms with Gasteiger partial charge in [0.1, 0.15) is 23.7 Å². The summed E-state index contributed by atoms with van der Waals surface area (Å²) < 4.78 is 33.1. The Balaban J connectivity index is 0.000000162. The van der Waals surface area contributed by atoms with E-state index in [4.69, 9.17) is 28.9 Å². The average molecular weight is 985 g/mol. The summed E-state index contributed by atoms with van der Waals surface area (Å²) in [5.74, 6) is 4.49. The molecule has 0 radical (unpaired) electrons. The summed E-state index contributed by atoms with van der Waals surface area (Å²) in [7, 11) is 3.34. The van der Waals surface area contributed by atoms with Gasteiger partial charge < -0.3 is 28.1 Å². The molecule has 0 fully saturated rings.